The predicted molar refractivity (Wildman–Crippen MR) is 112 cm³/mol. The lowest BCUT2D eigenvalue weighted by atomic mass is 10.1. The van der Waals surface area contributed by atoms with Crippen LogP contribution in [0.3, 0.4) is 0 Å². The van der Waals surface area contributed by atoms with Crippen molar-refractivity contribution < 1.29 is 9.72 Å². The number of anilines is 3. The summed E-state index contributed by atoms with van der Waals surface area (Å²) in [6, 6.07) is 11.5. The maximum absolute atomic E-state index is 12.4. The fourth-order valence-corrected chi connectivity index (χ4v) is 3.42. The zero-order chi connectivity index (χ0) is 20.1. The number of nitro benzene ring substituents is 1. The van der Waals surface area contributed by atoms with Gasteiger partial charge in [0.25, 0.3) is 5.69 Å². The lowest BCUT2D eigenvalue weighted by molar-refractivity contribution is -0.384. The first-order valence-corrected chi connectivity index (χ1v) is 9.68. The molecule has 7 nitrogen and oxygen atoms in total. The molecule has 2 aromatic rings. The van der Waals surface area contributed by atoms with E-state index < -0.39 is 11.0 Å². The van der Waals surface area contributed by atoms with E-state index >= 15 is 0 Å². The standard InChI is InChI=1S/C20H23ClN4O3/c1-14(20(26)23-19-10-9-17(25(27)28)13-18(19)21)22-15-5-7-16(8-6-15)24-11-3-2-4-12-24/h5-10,13-14,22H,2-4,11-12H2,1H3,(H,23,26). The molecule has 1 fully saturated rings. The van der Waals surface area contributed by atoms with E-state index in [9.17, 15) is 14.9 Å². The molecule has 2 aromatic carbocycles. The normalized spacial score (nSPS) is 15.0. The maximum atomic E-state index is 12.4. The first-order valence-electron chi connectivity index (χ1n) is 9.30. The van der Waals surface area contributed by atoms with Gasteiger partial charge in [0.05, 0.1) is 15.6 Å². The minimum Gasteiger partial charge on any atom is -0.374 e. The van der Waals surface area contributed by atoms with Crippen molar-refractivity contribution >= 4 is 40.3 Å². The molecule has 0 spiro atoms. The summed E-state index contributed by atoms with van der Waals surface area (Å²) in [5, 5.41) is 16.7. The van der Waals surface area contributed by atoms with Gasteiger partial charge in [0.1, 0.15) is 6.04 Å². The molecule has 1 aliphatic rings. The maximum Gasteiger partial charge on any atom is 0.271 e. The minimum atomic E-state index is -0.533. The molecule has 0 aliphatic carbocycles. The number of hydrogen-bond acceptors (Lipinski definition) is 5. The quantitative estimate of drug-likeness (QED) is 0.541. The van der Waals surface area contributed by atoms with Crippen molar-refractivity contribution in [3.63, 3.8) is 0 Å². The monoisotopic (exact) mass is 402 g/mol. The van der Waals surface area contributed by atoms with E-state index in [2.05, 4.69) is 27.7 Å². The highest BCUT2D eigenvalue weighted by molar-refractivity contribution is 6.34. The van der Waals surface area contributed by atoms with Crippen molar-refractivity contribution in [2.75, 3.05) is 28.6 Å². The molecular weight excluding hydrogens is 380 g/mol. The minimum absolute atomic E-state index is 0.122. The Labute approximate surface area is 168 Å². The fraction of sp³-hybridized carbons (Fsp3) is 0.350. The number of benzene rings is 2. The topological polar surface area (TPSA) is 87.5 Å². The molecule has 28 heavy (non-hydrogen) atoms. The van der Waals surface area contributed by atoms with Crippen LogP contribution in [0.2, 0.25) is 5.02 Å². The Morgan fingerprint density at radius 1 is 1.14 bits per heavy atom. The summed E-state index contributed by atoms with van der Waals surface area (Å²) in [6.45, 7) is 3.91. The van der Waals surface area contributed by atoms with Crippen molar-refractivity contribution in [3.8, 4) is 0 Å². The summed E-state index contributed by atoms with van der Waals surface area (Å²) in [4.78, 5) is 25.0. The van der Waals surface area contributed by atoms with E-state index in [1.807, 2.05) is 12.1 Å². The van der Waals surface area contributed by atoms with Crippen LogP contribution in [-0.2, 0) is 4.79 Å². The van der Waals surface area contributed by atoms with Crippen LogP contribution in [0.4, 0.5) is 22.7 Å². The average molecular weight is 403 g/mol. The Bertz CT molecular complexity index is 851. The number of carbonyl (C=O) groups is 1. The zero-order valence-electron chi connectivity index (χ0n) is 15.7. The average Bonchev–Trinajstić information content (AvgIpc) is 2.70. The van der Waals surface area contributed by atoms with Crippen molar-refractivity contribution in [2.45, 2.75) is 32.2 Å². The molecule has 0 bridgehead atoms. The Morgan fingerprint density at radius 3 is 2.43 bits per heavy atom. The van der Waals surface area contributed by atoms with Crippen LogP contribution in [0.15, 0.2) is 42.5 Å². The number of nitrogens with one attached hydrogen (secondary N) is 2. The number of rotatable bonds is 6. The summed E-state index contributed by atoms with van der Waals surface area (Å²) in [5.74, 6) is -0.282. The molecule has 1 aliphatic heterocycles. The van der Waals surface area contributed by atoms with Crippen LogP contribution in [0, 0.1) is 10.1 Å². The Hall–Kier alpha value is -2.80. The van der Waals surface area contributed by atoms with Gasteiger partial charge in [-0.15, -0.1) is 0 Å². The third-order valence-electron chi connectivity index (χ3n) is 4.79. The van der Waals surface area contributed by atoms with Gasteiger partial charge in [-0.1, -0.05) is 11.6 Å². The van der Waals surface area contributed by atoms with E-state index in [-0.39, 0.29) is 16.6 Å². The Morgan fingerprint density at radius 2 is 1.82 bits per heavy atom. The molecule has 1 atom stereocenters. The summed E-state index contributed by atoms with van der Waals surface area (Å²) >= 11 is 6.03. The van der Waals surface area contributed by atoms with Crippen LogP contribution in [0.5, 0.6) is 0 Å². The number of halogens is 1. The van der Waals surface area contributed by atoms with Crippen molar-refractivity contribution in [1.29, 1.82) is 0 Å². The van der Waals surface area contributed by atoms with Crippen molar-refractivity contribution in [3.05, 3.63) is 57.6 Å². The van der Waals surface area contributed by atoms with Crippen LogP contribution in [0.25, 0.3) is 0 Å². The number of non-ortho nitro benzene ring substituents is 1. The van der Waals surface area contributed by atoms with E-state index in [1.165, 1.54) is 43.1 Å². The van der Waals surface area contributed by atoms with Crippen molar-refractivity contribution in [1.82, 2.24) is 0 Å². The molecule has 1 amide bonds. The zero-order valence-corrected chi connectivity index (χ0v) is 16.4. The van der Waals surface area contributed by atoms with E-state index in [4.69, 9.17) is 11.6 Å². The SMILES string of the molecule is CC(Nc1ccc(N2CCCCC2)cc1)C(=O)Nc1ccc([N+](=O)[O-])cc1Cl. The molecule has 0 aromatic heterocycles. The first-order chi connectivity index (χ1) is 13.4. The molecule has 1 unspecified atom stereocenters. The van der Waals surface area contributed by atoms with Gasteiger partial charge < -0.3 is 15.5 Å². The molecule has 1 heterocycles. The number of nitro groups is 1. The van der Waals surface area contributed by atoms with Gasteiger partial charge in [-0.05, 0) is 56.5 Å². The second kappa shape index (κ2) is 8.93. The highest BCUT2D eigenvalue weighted by Crippen LogP contribution is 2.27. The first kappa shape index (κ1) is 19.9. The van der Waals surface area contributed by atoms with Gasteiger partial charge in [-0.2, -0.15) is 0 Å². The van der Waals surface area contributed by atoms with Crippen LogP contribution >= 0.6 is 11.6 Å². The van der Waals surface area contributed by atoms with Gasteiger partial charge >= 0.3 is 0 Å². The van der Waals surface area contributed by atoms with Crippen LogP contribution in [0.1, 0.15) is 26.2 Å². The largest absolute Gasteiger partial charge is 0.374 e. The fourth-order valence-electron chi connectivity index (χ4n) is 3.20. The molecule has 0 saturated carbocycles. The van der Waals surface area contributed by atoms with E-state index in [1.54, 1.807) is 6.92 Å². The lowest BCUT2D eigenvalue weighted by Gasteiger charge is -2.29. The van der Waals surface area contributed by atoms with Gasteiger partial charge in [0, 0.05) is 36.6 Å². The van der Waals surface area contributed by atoms with Crippen LogP contribution < -0.4 is 15.5 Å². The molecule has 3 rings (SSSR count). The number of carbonyl (C=O) groups excluding carboxylic acids is 1. The van der Waals surface area contributed by atoms with Crippen molar-refractivity contribution in [2.24, 2.45) is 0 Å². The summed E-state index contributed by atoms with van der Waals surface area (Å²) in [6.07, 6.45) is 3.74. The molecule has 148 valence electrons. The third-order valence-corrected chi connectivity index (χ3v) is 5.10. The molecule has 2 N–H and O–H groups in total. The molecule has 8 heteroatoms. The highest BCUT2D eigenvalue weighted by Gasteiger charge is 2.17. The van der Waals surface area contributed by atoms with Gasteiger partial charge in [-0.3, -0.25) is 14.9 Å². The molecular formula is C20H23ClN4O3. The second-order valence-corrected chi connectivity index (χ2v) is 7.28. The van der Waals surface area contributed by atoms with Crippen LogP contribution in [-0.4, -0.2) is 30.0 Å². The van der Waals surface area contributed by atoms with Gasteiger partial charge in [0.15, 0.2) is 0 Å². The Kier molecular flexibility index (Phi) is 6.36. The molecule has 1 saturated heterocycles. The lowest BCUT2D eigenvalue weighted by Crippen LogP contribution is -2.32. The summed E-state index contributed by atoms with van der Waals surface area (Å²) in [7, 11) is 0. The number of hydrogen-bond donors (Lipinski definition) is 2. The predicted octanol–water partition coefficient (Wildman–Crippen LogP) is 4.68. The van der Waals surface area contributed by atoms with Gasteiger partial charge in [0.2, 0.25) is 5.91 Å². The summed E-state index contributed by atoms with van der Waals surface area (Å²) < 4.78 is 0. The van der Waals surface area contributed by atoms with E-state index in [0.29, 0.717) is 5.69 Å². The molecule has 0 radical (unpaired) electrons. The summed E-state index contributed by atoms with van der Waals surface area (Å²) in [5.41, 5.74) is 2.26. The highest BCUT2D eigenvalue weighted by atomic mass is 35.5. The second-order valence-electron chi connectivity index (χ2n) is 6.87. The Balaban J connectivity index is 1.58. The number of piperidine rings is 1. The van der Waals surface area contributed by atoms with E-state index in [0.717, 1.165) is 18.8 Å². The number of nitrogens with zero attached hydrogens (tertiary/aromatic N) is 2. The number of amides is 1. The van der Waals surface area contributed by atoms with Gasteiger partial charge in [-0.25, -0.2) is 0 Å². The smallest absolute Gasteiger partial charge is 0.271 e. The third kappa shape index (κ3) is 4.92.